The van der Waals surface area contributed by atoms with Crippen LogP contribution in [0.1, 0.15) is 12.8 Å². The van der Waals surface area contributed by atoms with Crippen LogP contribution in [-0.4, -0.2) is 96.9 Å². The number of alkyl halides is 1. The molecule has 8 heteroatoms. The van der Waals surface area contributed by atoms with Crippen LogP contribution < -0.4 is 10.6 Å². The van der Waals surface area contributed by atoms with E-state index in [2.05, 4.69) is 31.5 Å². The van der Waals surface area contributed by atoms with Crippen molar-refractivity contribution in [1.29, 1.82) is 0 Å². The molecule has 0 bridgehead atoms. The highest BCUT2D eigenvalue weighted by Crippen LogP contribution is 2.47. The molecule has 0 aromatic carbocycles. The smallest absolute Gasteiger partial charge is 0.320 e. The lowest BCUT2D eigenvalue weighted by Gasteiger charge is -2.51. The molecule has 4 aliphatic heterocycles. The van der Waals surface area contributed by atoms with Gasteiger partial charge in [-0.05, 0) is 19.4 Å². The van der Waals surface area contributed by atoms with E-state index in [4.69, 9.17) is 9.47 Å². The number of likely N-dealkylation sites (N-methyl/N-ethyl adjacent to an activating group) is 1. The average molecular weight is 415 g/mol. The maximum Gasteiger partial charge on any atom is 0.320 e. The molecular formula is C17H27BrN4O3. The number of piperidine rings is 2. The molecule has 5 rings (SSSR count). The lowest BCUT2D eigenvalue weighted by Crippen LogP contribution is -2.68. The number of methoxy groups -OCH3 is 1. The van der Waals surface area contributed by atoms with Crippen LogP contribution in [0.5, 0.6) is 0 Å². The highest BCUT2D eigenvalue weighted by molar-refractivity contribution is 9.09. The van der Waals surface area contributed by atoms with Crippen molar-refractivity contribution in [2.75, 3.05) is 33.8 Å². The molecular weight excluding hydrogens is 388 g/mol. The molecule has 1 aliphatic carbocycles. The van der Waals surface area contributed by atoms with E-state index >= 15 is 0 Å². The van der Waals surface area contributed by atoms with Gasteiger partial charge in [-0.25, -0.2) is 4.79 Å². The second-order valence-electron chi connectivity index (χ2n) is 8.10. The summed E-state index contributed by atoms with van der Waals surface area (Å²) >= 11 is 3.90. The minimum Gasteiger partial charge on any atom is -0.380 e. The largest absolute Gasteiger partial charge is 0.380 e. The Morgan fingerprint density at radius 3 is 2.96 bits per heavy atom. The number of urea groups is 1. The molecule has 7 nitrogen and oxygen atoms in total. The monoisotopic (exact) mass is 414 g/mol. The number of carbonyl (C=O) groups is 1. The molecule has 0 spiro atoms. The summed E-state index contributed by atoms with van der Waals surface area (Å²) in [6.45, 7) is 2.63. The molecule has 5 aliphatic rings. The van der Waals surface area contributed by atoms with Gasteiger partial charge in [-0.3, -0.25) is 0 Å². The second-order valence-corrected chi connectivity index (χ2v) is 9.16. The van der Waals surface area contributed by atoms with Crippen molar-refractivity contribution >= 4 is 22.0 Å². The van der Waals surface area contributed by atoms with Gasteiger partial charge in [0.05, 0.1) is 41.3 Å². The van der Waals surface area contributed by atoms with Gasteiger partial charge in [-0.15, -0.1) is 0 Å². The summed E-state index contributed by atoms with van der Waals surface area (Å²) in [5, 5.41) is 7.18. The van der Waals surface area contributed by atoms with Gasteiger partial charge in [0.1, 0.15) is 0 Å². The van der Waals surface area contributed by atoms with Crippen molar-refractivity contribution in [2.45, 2.75) is 60.1 Å². The lowest BCUT2D eigenvalue weighted by atomic mass is 9.71. The third-order valence-corrected chi connectivity index (χ3v) is 8.21. The van der Waals surface area contributed by atoms with E-state index in [1.807, 2.05) is 11.9 Å². The Bertz CT molecular complexity index is 566. The highest BCUT2D eigenvalue weighted by Gasteiger charge is 2.62. The molecule has 25 heavy (non-hydrogen) atoms. The minimum atomic E-state index is 0.0684. The Balaban J connectivity index is 1.59. The number of hydrogen-bond donors (Lipinski definition) is 2. The van der Waals surface area contributed by atoms with Crippen molar-refractivity contribution in [3.8, 4) is 0 Å². The fourth-order valence-electron chi connectivity index (χ4n) is 5.89. The van der Waals surface area contributed by atoms with Gasteiger partial charge < -0.3 is 29.9 Å². The average Bonchev–Trinajstić information content (AvgIpc) is 2.79. The number of ether oxygens (including phenoxy) is 2. The first-order chi connectivity index (χ1) is 12.1. The molecule has 140 valence electrons. The van der Waals surface area contributed by atoms with Crippen molar-refractivity contribution in [3.63, 3.8) is 0 Å². The number of carbonyl (C=O) groups excluding carboxylic acids is 1. The maximum absolute atomic E-state index is 13.1. The van der Waals surface area contributed by atoms with Gasteiger partial charge in [0.15, 0.2) is 0 Å². The molecule has 9 atom stereocenters. The first-order valence-corrected chi connectivity index (χ1v) is 10.3. The van der Waals surface area contributed by atoms with Gasteiger partial charge >= 0.3 is 6.03 Å². The number of nitrogens with zero attached hydrogens (tertiary/aromatic N) is 2. The Kier molecular flexibility index (Phi) is 4.05. The van der Waals surface area contributed by atoms with Crippen molar-refractivity contribution < 1.29 is 14.3 Å². The second kappa shape index (κ2) is 6.05. The maximum atomic E-state index is 13.1. The number of hydrogen-bond acceptors (Lipinski definition) is 5. The summed E-state index contributed by atoms with van der Waals surface area (Å²) in [4.78, 5) is 17.4. The number of rotatable bonds is 1. The van der Waals surface area contributed by atoms with E-state index in [1.165, 1.54) is 0 Å². The van der Waals surface area contributed by atoms with Gasteiger partial charge in [0, 0.05) is 39.2 Å². The normalized spacial score (nSPS) is 51.8. The number of nitrogens with one attached hydrogen (secondary N) is 2. The zero-order valence-corrected chi connectivity index (χ0v) is 16.3. The number of fused-ring (bicyclic) bond motifs is 2. The Hall–Kier alpha value is -0.410. The third kappa shape index (κ3) is 2.27. The van der Waals surface area contributed by atoms with Crippen molar-refractivity contribution in [2.24, 2.45) is 5.92 Å². The summed E-state index contributed by atoms with van der Waals surface area (Å²) in [6.07, 6.45) is 2.22. The fraction of sp³-hybridized carbons (Fsp3) is 0.941. The molecule has 4 saturated heterocycles. The summed E-state index contributed by atoms with van der Waals surface area (Å²) in [5.41, 5.74) is 0. The van der Waals surface area contributed by atoms with Crippen LogP contribution in [0.3, 0.4) is 0 Å². The van der Waals surface area contributed by atoms with Crippen LogP contribution in [0, 0.1) is 5.92 Å². The number of halogens is 1. The quantitative estimate of drug-likeness (QED) is 0.590. The van der Waals surface area contributed by atoms with Crippen LogP contribution in [0.25, 0.3) is 0 Å². The van der Waals surface area contributed by atoms with Crippen LogP contribution >= 0.6 is 15.9 Å². The summed E-state index contributed by atoms with van der Waals surface area (Å²) < 4.78 is 12.5. The zero-order chi connectivity index (χ0) is 17.3. The fourth-order valence-corrected chi connectivity index (χ4v) is 6.80. The molecule has 9 unspecified atom stereocenters. The van der Waals surface area contributed by atoms with Gasteiger partial charge in [-0.2, -0.15) is 0 Å². The molecule has 4 heterocycles. The van der Waals surface area contributed by atoms with Gasteiger partial charge in [0.25, 0.3) is 0 Å². The molecule has 2 N–H and O–H groups in total. The van der Waals surface area contributed by atoms with Gasteiger partial charge in [-0.1, -0.05) is 15.9 Å². The van der Waals surface area contributed by atoms with Crippen molar-refractivity contribution in [1.82, 2.24) is 20.4 Å². The Morgan fingerprint density at radius 1 is 1.32 bits per heavy atom. The number of amides is 2. The molecule has 1 saturated carbocycles. The molecule has 5 fully saturated rings. The standard InChI is InChI=1S/C17H27BrN4O3/c1-21-10-7-20-8-5-12(24-2)14(18)16-13(8)15(10)22(17(21)23)9-6-19-4-3-11(9)25-16/h8-16,19-20H,3-7H2,1-2H3. The zero-order valence-electron chi connectivity index (χ0n) is 14.7. The summed E-state index contributed by atoms with van der Waals surface area (Å²) in [5.74, 6) is 0.300. The molecule has 0 aromatic heterocycles. The Morgan fingerprint density at radius 2 is 2.16 bits per heavy atom. The Labute approximate surface area is 156 Å². The van der Waals surface area contributed by atoms with E-state index in [0.717, 1.165) is 32.5 Å². The molecule has 0 radical (unpaired) electrons. The SMILES string of the molecule is COC1CC2NCC3C4C2C(OC2CCNCC2N4C(=O)N3C)C1Br. The highest BCUT2D eigenvalue weighted by atomic mass is 79.9. The topological polar surface area (TPSA) is 66.1 Å². The van der Waals surface area contributed by atoms with E-state index < -0.39 is 0 Å². The van der Waals surface area contributed by atoms with Crippen LogP contribution in [-0.2, 0) is 9.47 Å². The van der Waals surface area contributed by atoms with E-state index in [-0.39, 0.29) is 47.3 Å². The van der Waals surface area contributed by atoms with Crippen LogP contribution in [0.15, 0.2) is 0 Å². The third-order valence-electron chi connectivity index (χ3n) is 7.10. The van der Waals surface area contributed by atoms with Crippen LogP contribution in [0.4, 0.5) is 4.79 Å². The van der Waals surface area contributed by atoms with E-state index in [0.29, 0.717) is 12.0 Å². The first kappa shape index (κ1) is 16.7. The predicted octanol–water partition coefficient (Wildman–Crippen LogP) is -0.00950. The summed E-state index contributed by atoms with van der Waals surface area (Å²) in [6, 6.07) is 1.07. The van der Waals surface area contributed by atoms with E-state index in [1.54, 1.807) is 7.11 Å². The first-order valence-electron chi connectivity index (χ1n) is 9.43. The van der Waals surface area contributed by atoms with Crippen LogP contribution in [0.2, 0.25) is 0 Å². The van der Waals surface area contributed by atoms with Gasteiger partial charge in [0.2, 0.25) is 0 Å². The van der Waals surface area contributed by atoms with Crippen molar-refractivity contribution in [3.05, 3.63) is 0 Å². The molecule has 0 aromatic rings. The molecule has 2 amide bonds. The van der Waals surface area contributed by atoms with E-state index in [9.17, 15) is 4.79 Å². The lowest BCUT2D eigenvalue weighted by molar-refractivity contribution is -0.104. The summed E-state index contributed by atoms with van der Waals surface area (Å²) in [7, 11) is 3.74. The predicted molar refractivity (Wildman–Crippen MR) is 95.9 cm³/mol. The minimum absolute atomic E-state index is 0.0684.